The molecule has 24 heavy (non-hydrogen) atoms. The molecule has 4 rings (SSSR count). The number of hydrogen-bond donors (Lipinski definition) is 0. The normalized spacial score (nSPS) is 23.7. The number of nitrogens with zero attached hydrogens (tertiary/aromatic N) is 4. The Balaban J connectivity index is 1.49. The van der Waals surface area contributed by atoms with Crippen molar-refractivity contribution in [2.45, 2.75) is 50.8 Å². The van der Waals surface area contributed by atoms with Crippen LogP contribution < -0.4 is 0 Å². The first-order valence-electron chi connectivity index (χ1n) is 8.07. The van der Waals surface area contributed by atoms with Gasteiger partial charge in [-0.05, 0) is 38.5 Å². The molecule has 0 bridgehead atoms. The van der Waals surface area contributed by atoms with Crippen molar-refractivity contribution in [1.82, 2.24) is 19.6 Å². The quantitative estimate of drug-likeness (QED) is 0.831. The first-order valence-corrected chi connectivity index (χ1v) is 9.51. The van der Waals surface area contributed by atoms with E-state index in [1.807, 2.05) is 0 Å². The highest BCUT2D eigenvalue weighted by Gasteiger charge is 2.58. The Labute approximate surface area is 140 Å². The highest BCUT2D eigenvalue weighted by molar-refractivity contribution is 7.89. The lowest BCUT2D eigenvalue weighted by atomic mass is 9.92. The molecule has 1 saturated carbocycles. The smallest absolute Gasteiger partial charge is 0.248 e. The Morgan fingerprint density at radius 1 is 1.12 bits per heavy atom. The molecule has 0 aromatic carbocycles. The highest BCUT2D eigenvalue weighted by atomic mass is 32.2. The van der Waals surface area contributed by atoms with Gasteiger partial charge in [-0.3, -0.25) is 0 Å². The van der Waals surface area contributed by atoms with Gasteiger partial charge >= 0.3 is 0 Å². The summed E-state index contributed by atoms with van der Waals surface area (Å²) >= 11 is 0. The van der Waals surface area contributed by atoms with Gasteiger partial charge in [0.15, 0.2) is 11.6 Å². The maximum absolute atomic E-state index is 12.9. The van der Waals surface area contributed by atoms with Crippen LogP contribution >= 0.6 is 0 Å². The molecule has 1 atom stereocenters. The molecule has 1 aliphatic heterocycles. The van der Waals surface area contributed by atoms with Gasteiger partial charge in [-0.25, -0.2) is 8.42 Å². The second-order valence-electron chi connectivity index (χ2n) is 6.85. The average Bonchev–Trinajstić information content (AvgIpc) is 2.86. The minimum Gasteiger partial charge on any atom is -0.360 e. The minimum absolute atomic E-state index is 0.126. The zero-order valence-corrected chi connectivity index (χ0v) is 14.8. The molecule has 2 aromatic heterocycles. The topological polar surface area (TPSA) is 102 Å². The van der Waals surface area contributed by atoms with E-state index in [1.165, 1.54) is 0 Å². The summed E-state index contributed by atoms with van der Waals surface area (Å²) < 4.78 is 37.4. The van der Waals surface area contributed by atoms with E-state index in [-0.39, 0.29) is 10.3 Å². The summed E-state index contributed by atoms with van der Waals surface area (Å²) in [7, 11) is -3.55. The predicted octanol–water partition coefficient (Wildman–Crippen LogP) is 1.94. The Kier molecular flexibility index (Phi) is 3.37. The predicted molar refractivity (Wildman–Crippen MR) is 82.8 cm³/mol. The molecule has 9 heteroatoms. The number of hydrogen-bond acceptors (Lipinski definition) is 7. The maximum Gasteiger partial charge on any atom is 0.248 e. The molecule has 1 aliphatic carbocycles. The molecule has 2 aliphatic rings. The van der Waals surface area contributed by atoms with Gasteiger partial charge in [0.25, 0.3) is 0 Å². The lowest BCUT2D eigenvalue weighted by Gasteiger charge is -2.31. The summed E-state index contributed by atoms with van der Waals surface area (Å²) in [5.41, 5.74) is 0.542. The molecule has 1 spiro atoms. The van der Waals surface area contributed by atoms with E-state index < -0.39 is 10.0 Å². The number of aromatic nitrogens is 3. The van der Waals surface area contributed by atoms with Crippen LogP contribution in [0.3, 0.4) is 0 Å². The van der Waals surface area contributed by atoms with Crippen LogP contribution in [0.2, 0.25) is 0 Å². The van der Waals surface area contributed by atoms with Crippen molar-refractivity contribution < 1.29 is 17.5 Å². The molecule has 130 valence electrons. The lowest BCUT2D eigenvalue weighted by molar-refractivity contribution is 0.249. The van der Waals surface area contributed by atoms with Crippen molar-refractivity contribution in [2.75, 3.05) is 13.1 Å². The van der Waals surface area contributed by atoms with Gasteiger partial charge in [-0.15, -0.1) is 0 Å². The van der Waals surface area contributed by atoms with Gasteiger partial charge in [0.05, 0.1) is 0 Å². The summed E-state index contributed by atoms with van der Waals surface area (Å²) in [5.74, 6) is 1.97. The molecular formula is C15H20N4O4S. The molecule has 1 saturated heterocycles. The SMILES string of the molecule is Cc1nc(C2CC23CCN(S(=O)(=O)c2c(C)noc2C)CC3)no1. The summed E-state index contributed by atoms with van der Waals surface area (Å²) in [6.07, 6.45) is 2.63. The number of piperidine rings is 1. The third-order valence-corrected chi connectivity index (χ3v) is 7.47. The number of rotatable bonds is 3. The highest BCUT2D eigenvalue weighted by Crippen LogP contribution is 2.64. The summed E-state index contributed by atoms with van der Waals surface area (Å²) in [6.45, 7) is 6.07. The zero-order valence-electron chi connectivity index (χ0n) is 13.9. The van der Waals surface area contributed by atoms with E-state index in [9.17, 15) is 8.42 Å². The maximum atomic E-state index is 12.9. The first kappa shape index (κ1) is 15.8. The Hall–Kier alpha value is -1.74. The van der Waals surface area contributed by atoms with Crippen molar-refractivity contribution in [3.05, 3.63) is 23.2 Å². The van der Waals surface area contributed by atoms with Crippen LogP contribution in [0.5, 0.6) is 0 Å². The van der Waals surface area contributed by atoms with Crippen molar-refractivity contribution in [3.63, 3.8) is 0 Å². The zero-order chi connectivity index (χ0) is 17.1. The van der Waals surface area contributed by atoms with Crippen molar-refractivity contribution in [3.8, 4) is 0 Å². The molecule has 8 nitrogen and oxygen atoms in total. The molecule has 2 fully saturated rings. The van der Waals surface area contributed by atoms with Gasteiger partial charge in [0.2, 0.25) is 15.9 Å². The minimum atomic E-state index is -3.55. The number of sulfonamides is 1. The monoisotopic (exact) mass is 352 g/mol. The average molecular weight is 352 g/mol. The van der Waals surface area contributed by atoms with Crippen molar-refractivity contribution in [2.24, 2.45) is 5.41 Å². The fourth-order valence-electron chi connectivity index (χ4n) is 3.87. The Morgan fingerprint density at radius 2 is 1.83 bits per heavy atom. The van der Waals surface area contributed by atoms with E-state index in [2.05, 4.69) is 15.3 Å². The Bertz CT molecular complexity index is 858. The molecule has 0 N–H and O–H groups in total. The fourth-order valence-corrected chi connectivity index (χ4v) is 5.60. The standard InChI is InChI=1S/C15H20N4O4S/c1-9-13(10(2)22-17-9)24(20,21)19-6-4-15(5-7-19)8-12(15)14-16-11(3)23-18-14/h12H,4-8H2,1-3H3. The van der Waals surface area contributed by atoms with Crippen LogP contribution in [0.25, 0.3) is 0 Å². The van der Waals surface area contributed by atoms with Gasteiger partial charge in [-0.1, -0.05) is 10.3 Å². The lowest BCUT2D eigenvalue weighted by Crippen LogP contribution is -2.39. The van der Waals surface area contributed by atoms with Gasteiger partial charge in [0, 0.05) is 25.9 Å². The van der Waals surface area contributed by atoms with E-state index in [0.717, 1.165) is 25.1 Å². The molecule has 0 amide bonds. The van der Waals surface area contributed by atoms with Crippen molar-refractivity contribution in [1.29, 1.82) is 0 Å². The second-order valence-corrected chi connectivity index (χ2v) is 8.72. The van der Waals surface area contributed by atoms with Crippen LogP contribution in [-0.2, 0) is 10.0 Å². The second kappa shape index (κ2) is 5.13. The molecule has 3 heterocycles. The van der Waals surface area contributed by atoms with Crippen LogP contribution in [0, 0.1) is 26.2 Å². The third-order valence-electron chi connectivity index (χ3n) is 5.33. The third kappa shape index (κ3) is 2.29. The Morgan fingerprint density at radius 3 is 2.38 bits per heavy atom. The van der Waals surface area contributed by atoms with Gasteiger partial charge in [-0.2, -0.15) is 9.29 Å². The van der Waals surface area contributed by atoms with Crippen molar-refractivity contribution >= 4 is 10.0 Å². The van der Waals surface area contributed by atoms with Crippen LogP contribution in [0.15, 0.2) is 13.9 Å². The number of aryl methyl sites for hydroxylation is 3. The molecule has 2 aromatic rings. The van der Waals surface area contributed by atoms with Gasteiger partial charge in [0.1, 0.15) is 10.6 Å². The van der Waals surface area contributed by atoms with Crippen LogP contribution in [0.1, 0.15) is 48.3 Å². The van der Waals surface area contributed by atoms with Crippen LogP contribution in [-0.4, -0.2) is 41.1 Å². The molecular weight excluding hydrogens is 332 g/mol. The van der Waals surface area contributed by atoms with E-state index in [0.29, 0.717) is 36.4 Å². The summed E-state index contributed by atoms with van der Waals surface area (Å²) in [4.78, 5) is 4.53. The fraction of sp³-hybridized carbons (Fsp3) is 0.667. The van der Waals surface area contributed by atoms with Crippen LogP contribution in [0.4, 0.5) is 0 Å². The summed E-state index contributed by atoms with van der Waals surface area (Å²) in [6, 6.07) is 0. The van der Waals surface area contributed by atoms with E-state index in [1.54, 1.807) is 25.1 Å². The molecule has 0 radical (unpaired) electrons. The largest absolute Gasteiger partial charge is 0.360 e. The van der Waals surface area contributed by atoms with E-state index in [4.69, 9.17) is 9.05 Å². The van der Waals surface area contributed by atoms with E-state index >= 15 is 0 Å². The molecule has 1 unspecified atom stereocenters. The van der Waals surface area contributed by atoms with Gasteiger partial charge < -0.3 is 9.05 Å². The summed E-state index contributed by atoms with van der Waals surface area (Å²) in [5, 5.41) is 7.78. The first-order chi connectivity index (χ1) is 11.3.